The largest absolute Gasteiger partial charge is 0.339 e. The van der Waals surface area contributed by atoms with Crippen LogP contribution in [0.25, 0.3) is 0 Å². The molecule has 23 heavy (non-hydrogen) atoms. The molecule has 1 saturated heterocycles. The molecule has 1 atom stereocenters. The highest BCUT2D eigenvalue weighted by molar-refractivity contribution is 6.33. The minimum atomic E-state index is -0.176. The van der Waals surface area contributed by atoms with Gasteiger partial charge in [0.15, 0.2) is 11.5 Å². The van der Waals surface area contributed by atoms with Crippen LogP contribution in [0.3, 0.4) is 0 Å². The van der Waals surface area contributed by atoms with Gasteiger partial charge in [-0.1, -0.05) is 23.7 Å². The van der Waals surface area contributed by atoms with E-state index in [0.717, 1.165) is 12.8 Å². The average Bonchev–Trinajstić information content (AvgIpc) is 3.06. The molecule has 0 bridgehead atoms. The molecule has 7 nitrogen and oxygen atoms in total. The molecule has 2 aromatic heterocycles. The minimum absolute atomic E-state index is 0.0819. The normalized spacial score (nSPS) is 18.2. The fourth-order valence-corrected chi connectivity index (χ4v) is 2.88. The Bertz CT molecular complexity index is 718. The van der Waals surface area contributed by atoms with Crippen molar-refractivity contribution in [2.75, 3.05) is 13.1 Å². The van der Waals surface area contributed by atoms with Crippen molar-refractivity contribution < 1.29 is 9.32 Å². The van der Waals surface area contributed by atoms with Gasteiger partial charge in [0.05, 0.1) is 11.2 Å². The molecule has 0 aliphatic carbocycles. The molecule has 0 saturated carbocycles. The Kier molecular flexibility index (Phi) is 4.56. The lowest BCUT2D eigenvalue weighted by Gasteiger charge is -2.31. The zero-order chi connectivity index (χ0) is 16.4. The summed E-state index contributed by atoms with van der Waals surface area (Å²) in [6.45, 7) is 4.92. The van der Waals surface area contributed by atoms with Crippen molar-refractivity contribution in [1.29, 1.82) is 0 Å². The highest BCUT2D eigenvalue weighted by Gasteiger charge is 2.30. The van der Waals surface area contributed by atoms with Crippen molar-refractivity contribution >= 4 is 17.5 Å². The van der Waals surface area contributed by atoms with Gasteiger partial charge in [0.1, 0.15) is 5.82 Å². The fourth-order valence-electron chi connectivity index (χ4n) is 2.70. The number of amides is 1. The molecule has 8 heteroatoms. The van der Waals surface area contributed by atoms with Crippen molar-refractivity contribution in [3.8, 4) is 0 Å². The van der Waals surface area contributed by atoms with Gasteiger partial charge in [-0.2, -0.15) is 4.98 Å². The molecular formula is C15H18ClN5O2. The van der Waals surface area contributed by atoms with Crippen LogP contribution in [0, 0.1) is 6.92 Å². The van der Waals surface area contributed by atoms with E-state index in [2.05, 4.69) is 20.1 Å². The van der Waals surface area contributed by atoms with Crippen LogP contribution in [0.2, 0.25) is 5.02 Å². The molecule has 0 radical (unpaired) electrons. The van der Waals surface area contributed by atoms with E-state index in [1.165, 1.54) is 6.20 Å². The number of nitrogens with zero attached hydrogens (tertiary/aromatic N) is 5. The number of aryl methyl sites for hydroxylation is 2. The third-order valence-corrected chi connectivity index (χ3v) is 4.20. The Hall–Kier alpha value is -2.02. The Balaban J connectivity index is 1.77. The first kappa shape index (κ1) is 15.9. The summed E-state index contributed by atoms with van der Waals surface area (Å²) in [5, 5.41) is 4.31. The lowest BCUT2D eigenvalue weighted by atomic mass is 9.97. The predicted molar refractivity (Wildman–Crippen MR) is 83.3 cm³/mol. The highest BCUT2D eigenvalue weighted by Crippen LogP contribution is 2.26. The van der Waals surface area contributed by atoms with Gasteiger partial charge in [-0.15, -0.1) is 0 Å². The van der Waals surface area contributed by atoms with Gasteiger partial charge >= 0.3 is 0 Å². The number of aromatic nitrogens is 4. The molecule has 1 aliphatic rings. The molecule has 3 heterocycles. The van der Waals surface area contributed by atoms with E-state index in [1.807, 2.05) is 6.92 Å². The summed E-state index contributed by atoms with van der Waals surface area (Å²) in [7, 11) is 0. The third-order valence-electron chi connectivity index (χ3n) is 3.93. The number of carbonyl (C=O) groups is 1. The van der Waals surface area contributed by atoms with E-state index in [0.29, 0.717) is 37.0 Å². The van der Waals surface area contributed by atoms with Crippen LogP contribution in [-0.4, -0.2) is 44.0 Å². The summed E-state index contributed by atoms with van der Waals surface area (Å²) >= 11 is 6.07. The van der Waals surface area contributed by atoms with E-state index in [9.17, 15) is 4.79 Å². The van der Waals surface area contributed by atoms with Crippen molar-refractivity contribution in [2.24, 2.45) is 0 Å². The van der Waals surface area contributed by atoms with E-state index >= 15 is 0 Å². The maximum atomic E-state index is 12.7. The Morgan fingerprint density at radius 3 is 3.04 bits per heavy atom. The molecule has 2 aromatic rings. The van der Waals surface area contributed by atoms with E-state index < -0.39 is 0 Å². The summed E-state index contributed by atoms with van der Waals surface area (Å²) in [5.74, 6) is 1.72. The number of likely N-dealkylation sites (tertiary alicyclic amines) is 1. The van der Waals surface area contributed by atoms with Crippen LogP contribution in [0.4, 0.5) is 0 Å². The van der Waals surface area contributed by atoms with Crippen LogP contribution in [-0.2, 0) is 6.42 Å². The minimum Gasteiger partial charge on any atom is -0.339 e. The highest BCUT2D eigenvalue weighted by atomic mass is 35.5. The maximum Gasteiger partial charge on any atom is 0.274 e. The van der Waals surface area contributed by atoms with Gasteiger partial charge in [0.2, 0.25) is 5.89 Å². The molecule has 0 spiro atoms. The molecule has 0 unspecified atom stereocenters. The number of halogens is 1. The van der Waals surface area contributed by atoms with Gasteiger partial charge in [-0.3, -0.25) is 4.79 Å². The number of piperidine rings is 1. The Labute approximate surface area is 139 Å². The average molecular weight is 336 g/mol. The second-order valence-corrected chi connectivity index (χ2v) is 6.01. The van der Waals surface area contributed by atoms with Gasteiger partial charge in [0, 0.05) is 25.4 Å². The second kappa shape index (κ2) is 6.62. The lowest BCUT2D eigenvalue weighted by Crippen LogP contribution is -2.40. The number of rotatable bonds is 3. The van der Waals surface area contributed by atoms with Gasteiger partial charge in [0.25, 0.3) is 5.91 Å². The number of hydrogen-bond acceptors (Lipinski definition) is 6. The molecule has 0 N–H and O–H groups in total. The summed E-state index contributed by atoms with van der Waals surface area (Å²) in [6.07, 6.45) is 3.99. The van der Waals surface area contributed by atoms with Crippen molar-refractivity contribution in [3.05, 3.63) is 34.5 Å². The SMILES string of the molecule is CCc1nc([C@H]2CCCN(C(=O)c3nc(C)ncc3Cl)C2)no1. The Morgan fingerprint density at radius 1 is 1.48 bits per heavy atom. The maximum absolute atomic E-state index is 12.7. The summed E-state index contributed by atoms with van der Waals surface area (Å²) in [5.41, 5.74) is 0.252. The monoisotopic (exact) mass is 335 g/mol. The van der Waals surface area contributed by atoms with Crippen LogP contribution < -0.4 is 0 Å². The molecule has 1 aliphatic heterocycles. The zero-order valence-electron chi connectivity index (χ0n) is 13.1. The first-order valence-electron chi connectivity index (χ1n) is 7.69. The first-order chi connectivity index (χ1) is 11.1. The zero-order valence-corrected chi connectivity index (χ0v) is 13.9. The second-order valence-electron chi connectivity index (χ2n) is 5.60. The number of carbonyl (C=O) groups excluding carboxylic acids is 1. The molecule has 1 amide bonds. The van der Waals surface area contributed by atoms with Gasteiger partial charge in [-0.05, 0) is 19.8 Å². The third kappa shape index (κ3) is 3.34. The fraction of sp³-hybridized carbons (Fsp3) is 0.533. The quantitative estimate of drug-likeness (QED) is 0.856. The molecule has 3 rings (SSSR count). The van der Waals surface area contributed by atoms with Crippen molar-refractivity contribution in [2.45, 2.75) is 39.0 Å². The van der Waals surface area contributed by atoms with Crippen LogP contribution >= 0.6 is 11.6 Å². The van der Waals surface area contributed by atoms with Crippen LogP contribution in [0.15, 0.2) is 10.7 Å². The topological polar surface area (TPSA) is 85.0 Å². The van der Waals surface area contributed by atoms with E-state index in [-0.39, 0.29) is 22.5 Å². The van der Waals surface area contributed by atoms with E-state index in [1.54, 1.807) is 11.8 Å². The summed E-state index contributed by atoms with van der Waals surface area (Å²) in [4.78, 5) is 27.0. The molecule has 122 valence electrons. The molecule has 1 fully saturated rings. The smallest absolute Gasteiger partial charge is 0.274 e. The van der Waals surface area contributed by atoms with Gasteiger partial charge < -0.3 is 9.42 Å². The van der Waals surface area contributed by atoms with E-state index in [4.69, 9.17) is 16.1 Å². The van der Waals surface area contributed by atoms with Gasteiger partial charge in [-0.25, -0.2) is 9.97 Å². The Morgan fingerprint density at radius 2 is 2.30 bits per heavy atom. The van der Waals surface area contributed by atoms with Crippen LogP contribution in [0.5, 0.6) is 0 Å². The van der Waals surface area contributed by atoms with Crippen LogP contribution in [0.1, 0.15) is 53.7 Å². The first-order valence-corrected chi connectivity index (χ1v) is 8.07. The molecular weight excluding hydrogens is 318 g/mol. The van der Waals surface area contributed by atoms with Crippen molar-refractivity contribution in [3.63, 3.8) is 0 Å². The summed E-state index contributed by atoms with van der Waals surface area (Å²) in [6, 6.07) is 0. The predicted octanol–water partition coefficient (Wildman–Crippen LogP) is 2.40. The summed E-state index contributed by atoms with van der Waals surface area (Å²) < 4.78 is 5.18. The lowest BCUT2D eigenvalue weighted by molar-refractivity contribution is 0.0697. The molecule has 0 aromatic carbocycles. The van der Waals surface area contributed by atoms with Crippen molar-refractivity contribution in [1.82, 2.24) is 25.0 Å². The standard InChI is InChI=1S/C15H18ClN5O2/c1-3-12-19-14(20-23-12)10-5-4-6-21(8-10)15(22)13-11(16)7-17-9(2)18-13/h7,10H,3-6,8H2,1-2H3/t10-/m0/s1. The number of hydrogen-bond donors (Lipinski definition) is 0.